The van der Waals surface area contributed by atoms with E-state index in [1.54, 1.807) is 0 Å². The summed E-state index contributed by atoms with van der Waals surface area (Å²) in [5.74, 6) is 1.95. The van der Waals surface area contributed by atoms with Crippen molar-refractivity contribution in [3.05, 3.63) is 0 Å². The summed E-state index contributed by atoms with van der Waals surface area (Å²) in [7, 11) is 1.84. The van der Waals surface area contributed by atoms with Crippen molar-refractivity contribution >= 4 is 0 Å². The molecule has 0 bridgehead atoms. The van der Waals surface area contributed by atoms with Gasteiger partial charge in [-0.15, -0.1) is 0 Å². The first-order valence-electron chi connectivity index (χ1n) is 6.05. The van der Waals surface area contributed by atoms with Gasteiger partial charge in [-0.3, -0.25) is 0 Å². The zero-order valence-electron chi connectivity index (χ0n) is 9.46. The van der Waals surface area contributed by atoms with E-state index in [1.807, 2.05) is 7.11 Å². The fourth-order valence-corrected chi connectivity index (χ4v) is 2.55. The Balaban J connectivity index is 1.64. The highest BCUT2D eigenvalue weighted by Gasteiger charge is 2.33. The molecule has 2 aliphatic carbocycles. The normalized spacial score (nSPS) is 42.4. The van der Waals surface area contributed by atoms with E-state index in [1.165, 1.54) is 38.6 Å². The van der Waals surface area contributed by atoms with Crippen molar-refractivity contribution in [1.82, 2.24) is 5.32 Å². The van der Waals surface area contributed by atoms with Crippen LogP contribution in [0.5, 0.6) is 0 Å². The minimum atomic E-state index is 0.512. The van der Waals surface area contributed by atoms with Gasteiger partial charge in [-0.25, -0.2) is 0 Å². The lowest BCUT2D eigenvalue weighted by molar-refractivity contribution is 0.0587. The third-order valence-corrected chi connectivity index (χ3v) is 3.90. The number of nitrogens with one attached hydrogen (secondary N) is 1. The van der Waals surface area contributed by atoms with E-state index in [9.17, 15) is 0 Å². The van der Waals surface area contributed by atoms with E-state index in [4.69, 9.17) is 4.74 Å². The molecule has 2 aliphatic rings. The van der Waals surface area contributed by atoms with Gasteiger partial charge in [-0.05, 0) is 50.5 Å². The molecule has 0 saturated heterocycles. The molecule has 0 aromatic carbocycles. The van der Waals surface area contributed by atoms with E-state index >= 15 is 0 Å². The van der Waals surface area contributed by atoms with Crippen molar-refractivity contribution < 1.29 is 4.74 Å². The number of methoxy groups -OCH3 is 1. The Morgan fingerprint density at radius 2 is 2.07 bits per heavy atom. The molecule has 0 aromatic heterocycles. The molecule has 0 amide bonds. The average Bonchev–Trinajstić information content (AvgIpc) is 2.92. The smallest absolute Gasteiger partial charge is 0.0586 e. The highest BCUT2D eigenvalue weighted by atomic mass is 16.5. The maximum absolute atomic E-state index is 5.42. The minimum Gasteiger partial charge on any atom is -0.381 e. The van der Waals surface area contributed by atoms with Crippen LogP contribution in [0.4, 0.5) is 0 Å². The standard InChI is InChI=1S/C12H23NO/c1-9-6-10(9)8-13-11-4-3-5-12(7-11)14-2/h9-13H,3-8H2,1-2H3. The van der Waals surface area contributed by atoms with Crippen LogP contribution in [0.3, 0.4) is 0 Å². The molecule has 0 spiro atoms. The molecule has 0 aromatic rings. The minimum absolute atomic E-state index is 0.512. The van der Waals surface area contributed by atoms with Gasteiger partial charge < -0.3 is 10.1 Å². The maximum atomic E-state index is 5.42. The van der Waals surface area contributed by atoms with Gasteiger partial charge in [0.25, 0.3) is 0 Å². The van der Waals surface area contributed by atoms with Gasteiger partial charge in [0.2, 0.25) is 0 Å². The summed E-state index contributed by atoms with van der Waals surface area (Å²) in [6.07, 6.45) is 7.11. The predicted octanol–water partition coefficient (Wildman–Crippen LogP) is 2.19. The Kier molecular flexibility index (Phi) is 3.45. The lowest BCUT2D eigenvalue weighted by Crippen LogP contribution is -2.37. The van der Waals surface area contributed by atoms with Crippen molar-refractivity contribution in [3.63, 3.8) is 0 Å². The second-order valence-electron chi connectivity index (χ2n) is 5.10. The van der Waals surface area contributed by atoms with Crippen LogP contribution in [0.1, 0.15) is 39.0 Å². The summed E-state index contributed by atoms with van der Waals surface area (Å²) in [6.45, 7) is 3.59. The Bertz CT molecular complexity index is 183. The summed E-state index contributed by atoms with van der Waals surface area (Å²) < 4.78 is 5.42. The van der Waals surface area contributed by atoms with E-state index in [2.05, 4.69) is 12.2 Å². The lowest BCUT2D eigenvalue weighted by Gasteiger charge is -2.29. The average molecular weight is 197 g/mol. The monoisotopic (exact) mass is 197 g/mol. The van der Waals surface area contributed by atoms with Crippen molar-refractivity contribution in [1.29, 1.82) is 0 Å². The van der Waals surface area contributed by atoms with Crippen molar-refractivity contribution in [2.45, 2.75) is 51.2 Å². The second-order valence-corrected chi connectivity index (χ2v) is 5.10. The summed E-state index contributed by atoms with van der Waals surface area (Å²) in [6, 6.07) is 0.724. The van der Waals surface area contributed by atoms with Gasteiger partial charge in [-0.1, -0.05) is 6.92 Å². The summed E-state index contributed by atoms with van der Waals surface area (Å²) in [5, 5.41) is 3.70. The van der Waals surface area contributed by atoms with E-state index in [0.29, 0.717) is 6.10 Å². The van der Waals surface area contributed by atoms with E-state index in [-0.39, 0.29) is 0 Å². The van der Waals surface area contributed by atoms with Gasteiger partial charge in [0.1, 0.15) is 0 Å². The summed E-state index contributed by atoms with van der Waals surface area (Å²) in [5.41, 5.74) is 0. The largest absolute Gasteiger partial charge is 0.381 e. The van der Waals surface area contributed by atoms with Gasteiger partial charge in [0.05, 0.1) is 6.10 Å². The summed E-state index contributed by atoms with van der Waals surface area (Å²) in [4.78, 5) is 0. The zero-order chi connectivity index (χ0) is 9.97. The SMILES string of the molecule is COC1CCCC(NCC2CC2C)C1. The van der Waals surface area contributed by atoms with Gasteiger partial charge in [0, 0.05) is 13.2 Å². The quantitative estimate of drug-likeness (QED) is 0.746. The second kappa shape index (κ2) is 4.63. The van der Waals surface area contributed by atoms with E-state index < -0.39 is 0 Å². The zero-order valence-corrected chi connectivity index (χ0v) is 9.46. The van der Waals surface area contributed by atoms with Crippen molar-refractivity contribution in [2.24, 2.45) is 11.8 Å². The van der Waals surface area contributed by atoms with Gasteiger partial charge >= 0.3 is 0 Å². The van der Waals surface area contributed by atoms with Crippen LogP contribution in [0.15, 0.2) is 0 Å². The van der Waals surface area contributed by atoms with Crippen LogP contribution in [-0.2, 0) is 4.74 Å². The maximum Gasteiger partial charge on any atom is 0.0586 e. The molecule has 2 nitrogen and oxygen atoms in total. The van der Waals surface area contributed by atoms with E-state index in [0.717, 1.165) is 17.9 Å². The topological polar surface area (TPSA) is 21.3 Å². The van der Waals surface area contributed by atoms with Crippen molar-refractivity contribution in [2.75, 3.05) is 13.7 Å². The molecule has 2 saturated carbocycles. The van der Waals surface area contributed by atoms with Crippen LogP contribution in [0, 0.1) is 11.8 Å². The highest BCUT2D eigenvalue weighted by molar-refractivity contribution is 4.86. The Hall–Kier alpha value is -0.0800. The first-order valence-corrected chi connectivity index (χ1v) is 6.05. The first-order chi connectivity index (χ1) is 6.79. The number of ether oxygens (including phenoxy) is 1. The number of rotatable bonds is 4. The fourth-order valence-electron chi connectivity index (χ4n) is 2.55. The van der Waals surface area contributed by atoms with Crippen molar-refractivity contribution in [3.8, 4) is 0 Å². The molecule has 0 aliphatic heterocycles. The third kappa shape index (κ3) is 2.71. The molecule has 4 atom stereocenters. The van der Waals surface area contributed by atoms with Crippen LogP contribution >= 0.6 is 0 Å². The van der Waals surface area contributed by atoms with Gasteiger partial charge in [-0.2, -0.15) is 0 Å². The molecule has 14 heavy (non-hydrogen) atoms. The number of hydrogen-bond acceptors (Lipinski definition) is 2. The molecular formula is C12H23NO. The van der Waals surface area contributed by atoms with Crippen LogP contribution in [-0.4, -0.2) is 25.8 Å². The molecule has 4 unspecified atom stereocenters. The summed E-state index contributed by atoms with van der Waals surface area (Å²) >= 11 is 0. The lowest BCUT2D eigenvalue weighted by atomic mass is 9.93. The molecule has 1 N–H and O–H groups in total. The van der Waals surface area contributed by atoms with Crippen LogP contribution < -0.4 is 5.32 Å². The van der Waals surface area contributed by atoms with Gasteiger partial charge in [0.15, 0.2) is 0 Å². The first kappa shape index (κ1) is 10.4. The third-order valence-electron chi connectivity index (χ3n) is 3.90. The predicted molar refractivity (Wildman–Crippen MR) is 58.3 cm³/mol. The van der Waals surface area contributed by atoms with Crippen LogP contribution in [0.25, 0.3) is 0 Å². The Labute approximate surface area is 87.4 Å². The molecule has 0 radical (unpaired) electrons. The molecule has 2 rings (SSSR count). The molecular weight excluding hydrogens is 174 g/mol. The molecule has 82 valence electrons. The fraction of sp³-hybridized carbons (Fsp3) is 1.00. The molecule has 2 heteroatoms. The Morgan fingerprint density at radius 1 is 1.29 bits per heavy atom. The number of hydrogen-bond donors (Lipinski definition) is 1. The highest BCUT2D eigenvalue weighted by Crippen LogP contribution is 2.37. The van der Waals surface area contributed by atoms with Crippen LogP contribution in [0.2, 0.25) is 0 Å². The Morgan fingerprint density at radius 3 is 2.71 bits per heavy atom. The molecule has 2 fully saturated rings. The molecule has 0 heterocycles.